The van der Waals surface area contributed by atoms with E-state index in [-0.39, 0.29) is 24.1 Å². The molecule has 0 aromatic heterocycles. The second-order valence-electron chi connectivity index (χ2n) is 6.58. The van der Waals surface area contributed by atoms with Gasteiger partial charge >= 0.3 is 6.18 Å². The summed E-state index contributed by atoms with van der Waals surface area (Å²) in [4.78, 5) is 12.4. The van der Waals surface area contributed by atoms with Crippen molar-refractivity contribution < 1.29 is 22.7 Å². The third kappa shape index (κ3) is 5.71. The van der Waals surface area contributed by atoms with Crippen LogP contribution in [0.2, 0.25) is 0 Å². The van der Waals surface area contributed by atoms with Gasteiger partial charge in [0.15, 0.2) is 0 Å². The number of anilines is 2. The van der Waals surface area contributed by atoms with Crippen LogP contribution in [0.1, 0.15) is 17.5 Å². The minimum absolute atomic E-state index is 0.104. The Bertz CT molecular complexity index is 791. The summed E-state index contributed by atoms with van der Waals surface area (Å²) in [6.45, 7) is 2.05. The van der Waals surface area contributed by atoms with Gasteiger partial charge in [0, 0.05) is 25.6 Å². The maximum absolute atomic E-state index is 13.1. The normalized spacial score (nSPS) is 17.2. The number of hydrogen-bond acceptors (Lipinski definition) is 4. The largest absolute Gasteiger partial charge is 0.416 e. The van der Waals surface area contributed by atoms with E-state index in [2.05, 4.69) is 16.0 Å². The standard InChI is InChI=1S/C20H22F3N3O2/c21-20(22,23)15-6-7-17(25-12-14-4-2-1-3-5-14)18(10-15)26-19(27)11-16-13-28-9-8-24-16/h1-7,10,16,24-25H,8-9,11-13H2,(H,26,27). The van der Waals surface area contributed by atoms with Crippen molar-refractivity contribution in [2.75, 3.05) is 30.4 Å². The molecule has 3 N–H and O–H groups in total. The van der Waals surface area contributed by atoms with Crippen LogP contribution in [-0.2, 0) is 22.3 Å². The van der Waals surface area contributed by atoms with Gasteiger partial charge in [-0.05, 0) is 23.8 Å². The fourth-order valence-corrected chi connectivity index (χ4v) is 2.95. The van der Waals surface area contributed by atoms with Crippen molar-refractivity contribution >= 4 is 17.3 Å². The molecule has 0 spiro atoms. The highest BCUT2D eigenvalue weighted by molar-refractivity contribution is 5.94. The molecule has 0 radical (unpaired) electrons. The molecule has 1 atom stereocenters. The lowest BCUT2D eigenvalue weighted by molar-refractivity contribution is -0.137. The maximum Gasteiger partial charge on any atom is 0.416 e. The molecule has 0 bridgehead atoms. The molecule has 5 nitrogen and oxygen atoms in total. The zero-order chi connectivity index (χ0) is 20.0. The molecule has 2 aromatic carbocycles. The molecule has 0 aliphatic carbocycles. The van der Waals surface area contributed by atoms with Gasteiger partial charge in [0.05, 0.1) is 30.2 Å². The Balaban J connectivity index is 1.73. The molecule has 3 rings (SSSR count). The van der Waals surface area contributed by atoms with Gasteiger partial charge in [0.1, 0.15) is 0 Å². The lowest BCUT2D eigenvalue weighted by Crippen LogP contribution is -2.43. The third-order valence-corrected chi connectivity index (χ3v) is 4.38. The van der Waals surface area contributed by atoms with Gasteiger partial charge in [-0.15, -0.1) is 0 Å². The van der Waals surface area contributed by atoms with E-state index < -0.39 is 11.7 Å². The van der Waals surface area contributed by atoms with Gasteiger partial charge in [0.25, 0.3) is 0 Å². The van der Waals surface area contributed by atoms with Crippen LogP contribution in [0.25, 0.3) is 0 Å². The minimum atomic E-state index is -4.49. The quantitative estimate of drug-likeness (QED) is 0.701. The van der Waals surface area contributed by atoms with E-state index in [9.17, 15) is 18.0 Å². The van der Waals surface area contributed by atoms with Crippen molar-refractivity contribution in [3.63, 3.8) is 0 Å². The van der Waals surface area contributed by atoms with Crippen LogP contribution in [0, 0.1) is 0 Å². The van der Waals surface area contributed by atoms with Crippen molar-refractivity contribution in [3.05, 3.63) is 59.7 Å². The minimum Gasteiger partial charge on any atom is -0.379 e. The first kappa shape index (κ1) is 20.2. The number of nitrogens with one attached hydrogen (secondary N) is 3. The summed E-state index contributed by atoms with van der Waals surface area (Å²) in [5.41, 5.74) is 0.695. The summed E-state index contributed by atoms with van der Waals surface area (Å²) in [5, 5.41) is 8.86. The predicted molar refractivity (Wildman–Crippen MR) is 101 cm³/mol. The Morgan fingerprint density at radius 3 is 2.61 bits per heavy atom. The van der Waals surface area contributed by atoms with Crippen LogP contribution in [0.4, 0.5) is 24.5 Å². The van der Waals surface area contributed by atoms with Gasteiger partial charge in [-0.2, -0.15) is 13.2 Å². The molecule has 2 aromatic rings. The lowest BCUT2D eigenvalue weighted by atomic mass is 10.1. The van der Waals surface area contributed by atoms with Gasteiger partial charge in [-0.3, -0.25) is 4.79 Å². The molecule has 1 amide bonds. The van der Waals surface area contributed by atoms with Crippen molar-refractivity contribution in [1.82, 2.24) is 5.32 Å². The van der Waals surface area contributed by atoms with E-state index >= 15 is 0 Å². The Hall–Kier alpha value is -2.58. The highest BCUT2D eigenvalue weighted by atomic mass is 19.4. The number of rotatable bonds is 6. The summed E-state index contributed by atoms with van der Waals surface area (Å²) in [6.07, 6.45) is -4.37. The number of ether oxygens (including phenoxy) is 1. The number of benzene rings is 2. The Morgan fingerprint density at radius 2 is 1.93 bits per heavy atom. The van der Waals surface area contributed by atoms with Crippen molar-refractivity contribution in [1.29, 1.82) is 0 Å². The molecule has 28 heavy (non-hydrogen) atoms. The Morgan fingerprint density at radius 1 is 1.14 bits per heavy atom. The third-order valence-electron chi connectivity index (χ3n) is 4.38. The number of amides is 1. The molecule has 150 valence electrons. The molecule has 1 unspecified atom stereocenters. The van der Waals surface area contributed by atoms with Gasteiger partial charge in [0.2, 0.25) is 5.91 Å². The highest BCUT2D eigenvalue weighted by Crippen LogP contribution is 2.34. The zero-order valence-corrected chi connectivity index (χ0v) is 15.2. The van der Waals surface area contributed by atoms with E-state index in [1.807, 2.05) is 30.3 Å². The number of alkyl halides is 3. The van der Waals surface area contributed by atoms with Gasteiger partial charge < -0.3 is 20.7 Å². The number of carbonyl (C=O) groups excluding carboxylic acids is 1. The van der Waals surface area contributed by atoms with E-state index in [4.69, 9.17) is 4.74 Å². The molecular weight excluding hydrogens is 371 g/mol. The second-order valence-corrected chi connectivity index (χ2v) is 6.58. The average molecular weight is 393 g/mol. The smallest absolute Gasteiger partial charge is 0.379 e. The topological polar surface area (TPSA) is 62.4 Å². The first-order valence-electron chi connectivity index (χ1n) is 9.02. The summed E-state index contributed by atoms with van der Waals surface area (Å²) in [5.74, 6) is -0.370. The molecule has 0 saturated carbocycles. The molecule has 1 aliphatic rings. The van der Waals surface area contributed by atoms with Crippen LogP contribution in [0.5, 0.6) is 0 Å². The fraction of sp³-hybridized carbons (Fsp3) is 0.350. The number of halogens is 3. The van der Waals surface area contributed by atoms with Crippen LogP contribution in [0.3, 0.4) is 0 Å². The fourth-order valence-electron chi connectivity index (χ4n) is 2.95. The summed E-state index contributed by atoms with van der Waals surface area (Å²) in [7, 11) is 0. The summed E-state index contributed by atoms with van der Waals surface area (Å²) < 4.78 is 44.6. The van der Waals surface area contributed by atoms with Crippen LogP contribution < -0.4 is 16.0 Å². The Kier molecular flexibility index (Phi) is 6.53. The number of morpholine rings is 1. The van der Waals surface area contributed by atoms with Gasteiger partial charge in [-0.25, -0.2) is 0 Å². The average Bonchev–Trinajstić information content (AvgIpc) is 2.67. The molecule has 8 heteroatoms. The monoisotopic (exact) mass is 393 g/mol. The van der Waals surface area contributed by atoms with E-state index in [0.29, 0.717) is 32.0 Å². The molecular formula is C20H22F3N3O2. The Labute approximate surface area is 161 Å². The van der Waals surface area contributed by atoms with E-state index in [1.165, 1.54) is 6.07 Å². The number of hydrogen-bond donors (Lipinski definition) is 3. The lowest BCUT2D eigenvalue weighted by Gasteiger charge is -2.23. The first-order chi connectivity index (χ1) is 13.4. The zero-order valence-electron chi connectivity index (χ0n) is 15.2. The van der Waals surface area contributed by atoms with Crippen LogP contribution >= 0.6 is 0 Å². The van der Waals surface area contributed by atoms with Crippen LogP contribution in [-0.4, -0.2) is 31.7 Å². The van der Waals surface area contributed by atoms with Gasteiger partial charge in [-0.1, -0.05) is 30.3 Å². The highest BCUT2D eigenvalue weighted by Gasteiger charge is 2.31. The maximum atomic E-state index is 13.1. The predicted octanol–water partition coefficient (Wildman–Crippen LogP) is 3.63. The van der Waals surface area contributed by atoms with Crippen molar-refractivity contribution in [2.45, 2.75) is 25.2 Å². The summed E-state index contributed by atoms with van der Waals surface area (Å²) in [6, 6.07) is 12.6. The SMILES string of the molecule is O=C(CC1COCCN1)Nc1cc(C(F)(F)F)ccc1NCc1ccccc1. The first-order valence-corrected chi connectivity index (χ1v) is 9.02. The molecule has 1 saturated heterocycles. The van der Waals surface area contributed by atoms with Crippen molar-refractivity contribution in [3.8, 4) is 0 Å². The second kappa shape index (κ2) is 9.07. The van der Waals surface area contributed by atoms with E-state index in [1.54, 1.807) is 0 Å². The van der Waals surface area contributed by atoms with Crippen molar-refractivity contribution in [2.24, 2.45) is 0 Å². The molecule has 1 aliphatic heterocycles. The summed E-state index contributed by atoms with van der Waals surface area (Å²) >= 11 is 0. The molecule has 1 heterocycles. The molecule has 1 fully saturated rings. The van der Waals surface area contributed by atoms with Crippen LogP contribution in [0.15, 0.2) is 48.5 Å². The number of carbonyl (C=O) groups is 1. The van der Waals surface area contributed by atoms with E-state index in [0.717, 1.165) is 17.7 Å².